The monoisotopic (exact) mass is 325 g/mol. The molecule has 2 saturated heterocycles. The molecule has 0 unspecified atom stereocenters. The molecule has 0 aromatic heterocycles. The van der Waals surface area contributed by atoms with Crippen LogP contribution in [0.2, 0.25) is 0 Å². The summed E-state index contributed by atoms with van der Waals surface area (Å²) >= 11 is 5.72. The van der Waals surface area contributed by atoms with Crippen LogP contribution in [-0.2, 0) is 4.74 Å². The number of rotatable bonds is 3. The van der Waals surface area contributed by atoms with Crippen molar-refractivity contribution >= 4 is 17.3 Å². The van der Waals surface area contributed by atoms with Gasteiger partial charge in [-0.1, -0.05) is 19.8 Å². The van der Waals surface area contributed by atoms with Gasteiger partial charge in [-0.05, 0) is 43.3 Å². The molecule has 5 heteroatoms. The van der Waals surface area contributed by atoms with Gasteiger partial charge in [0.05, 0.1) is 13.2 Å². The minimum atomic E-state index is 0.695. The van der Waals surface area contributed by atoms with Gasteiger partial charge in [-0.15, -0.1) is 0 Å². The van der Waals surface area contributed by atoms with E-state index < -0.39 is 0 Å². The average Bonchev–Trinajstić information content (AvgIpc) is 2.56. The largest absolute Gasteiger partial charge is 0.379 e. The lowest BCUT2D eigenvalue weighted by molar-refractivity contribution is 0.0385. The van der Waals surface area contributed by atoms with Gasteiger partial charge in [-0.3, -0.25) is 4.90 Å². The predicted octanol–water partition coefficient (Wildman–Crippen LogP) is 2.09. The summed E-state index contributed by atoms with van der Waals surface area (Å²) in [5.74, 6) is 1.74. The number of ether oxygens (including phenoxy) is 1. The van der Waals surface area contributed by atoms with Crippen molar-refractivity contribution in [2.45, 2.75) is 45.1 Å². The van der Waals surface area contributed by atoms with E-state index in [-0.39, 0.29) is 0 Å². The van der Waals surface area contributed by atoms with Crippen molar-refractivity contribution in [1.82, 2.24) is 15.1 Å². The molecule has 0 amide bonds. The highest BCUT2D eigenvalue weighted by Gasteiger charge is 2.38. The van der Waals surface area contributed by atoms with E-state index in [0.717, 1.165) is 62.9 Å². The van der Waals surface area contributed by atoms with Crippen LogP contribution in [0.25, 0.3) is 0 Å². The predicted molar refractivity (Wildman–Crippen MR) is 94.1 cm³/mol. The molecule has 4 nitrogen and oxygen atoms in total. The fraction of sp³-hybridized carbons (Fsp3) is 0.941. The van der Waals surface area contributed by atoms with Crippen molar-refractivity contribution < 1.29 is 4.74 Å². The summed E-state index contributed by atoms with van der Waals surface area (Å²) in [5, 5.41) is 4.52. The SMILES string of the molecule is C[C@@H]1CCN(C(=S)NCCN2CCOCC2)[C@@H]2CCCC[C@@H]12. The van der Waals surface area contributed by atoms with Crippen LogP contribution in [0.1, 0.15) is 39.0 Å². The smallest absolute Gasteiger partial charge is 0.169 e. The zero-order valence-corrected chi connectivity index (χ0v) is 14.7. The Balaban J connectivity index is 1.46. The minimum absolute atomic E-state index is 0.695. The maximum Gasteiger partial charge on any atom is 0.169 e. The Morgan fingerprint density at radius 3 is 2.73 bits per heavy atom. The lowest BCUT2D eigenvalue weighted by Crippen LogP contribution is -2.55. The standard InChI is InChI=1S/C17H31N3OS/c1-14-6-8-20(16-5-3-2-4-15(14)16)17(22)18-7-9-19-10-12-21-13-11-19/h14-16H,2-13H2,1H3,(H,18,22)/t14-,15+,16-/m1/s1. The molecule has 2 heterocycles. The van der Waals surface area contributed by atoms with Crippen LogP contribution in [0, 0.1) is 11.8 Å². The third-order valence-corrected chi connectivity index (χ3v) is 6.19. The first-order chi connectivity index (χ1) is 10.8. The molecule has 1 N–H and O–H groups in total. The fourth-order valence-corrected chi connectivity index (χ4v) is 4.74. The molecule has 0 aromatic carbocycles. The molecule has 0 bridgehead atoms. The van der Waals surface area contributed by atoms with Gasteiger partial charge in [0.2, 0.25) is 0 Å². The van der Waals surface area contributed by atoms with E-state index in [1.165, 1.54) is 32.1 Å². The Kier molecular flexibility index (Phi) is 5.94. The number of thiocarbonyl (C=S) groups is 1. The molecule has 2 aliphatic heterocycles. The molecule has 3 aliphatic rings. The third kappa shape index (κ3) is 3.92. The summed E-state index contributed by atoms with van der Waals surface area (Å²) in [6.07, 6.45) is 6.82. The Bertz CT molecular complexity index is 373. The molecule has 3 atom stereocenters. The summed E-state index contributed by atoms with van der Waals surface area (Å²) < 4.78 is 5.40. The Hall–Kier alpha value is -0.390. The summed E-state index contributed by atoms with van der Waals surface area (Å²) in [6, 6.07) is 0.695. The van der Waals surface area contributed by atoms with Crippen LogP contribution in [0.15, 0.2) is 0 Å². The van der Waals surface area contributed by atoms with Crippen molar-refractivity contribution in [1.29, 1.82) is 0 Å². The maximum absolute atomic E-state index is 5.72. The molecule has 1 saturated carbocycles. The number of nitrogens with one attached hydrogen (secondary N) is 1. The van der Waals surface area contributed by atoms with Crippen LogP contribution >= 0.6 is 12.2 Å². The van der Waals surface area contributed by atoms with Crippen molar-refractivity contribution in [3.63, 3.8) is 0 Å². The maximum atomic E-state index is 5.72. The van der Waals surface area contributed by atoms with Crippen molar-refractivity contribution in [3.8, 4) is 0 Å². The summed E-state index contributed by atoms with van der Waals surface area (Å²) in [6.45, 7) is 9.47. The van der Waals surface area contributed by atoms with Crippen LogP contribution < -0.4 is 5.32 Å². The second-order valence-electron chi connectivity index (χ2n) is 7.16. The highest BCUT2D eigenvalue weighted by molar-refractivity contribution is 7.80. The first-order valence-corrected chi connectivity index (χ1v) is 9.51. The molecule has 3 fully saturated rings. The van der Waals surface area contributed by atoms with Crippen molar-refractivity contribution in [2.24, 2.45) is 11.8 Å². The number of piperidine rings is 1. The van der Waals surface area contributed by atoms with Crippen LogP contribution in [-0.4, -0.2) is 66.9 Å². The van der Waals surface area contributed by atoms with E-state index in [4.69, 9.17) is 17.0 Å². The summed E-state index contributed by atoms with van der Waals surface area (Å²) in [4.78, 5) is 4.97. The molecular weight excluding hydrogens is 294 g/mol. The van der Waals surface area contributed by atoms with Gasteiger partial charge in [0.25, 0.3) is 0 Å². The van der Waals surface area contributed by atoms with Gasteiger partial charge >= 0.3 is 0 Å². The van der Waals surface area contributed by atoms with Crippen LogP contribution in [0.3, 0.4) is 0 Å². The van der Waals surface area contributed by atoms with Gasteiger partial charge in [-0.2, -0.15) is 0 Å². The van der Waals surface area contributed by atoms with Crippen LogP contribution in [0.5, 0.6) is 0 Å². The molecule has 3 rings (SSSR count). The highest BCUT2D eigenvalue weighted by atomic mass is 32.1. The summed E-state index contributed by atoms with van der Waals surface area (Å²) in [5.41, 5.74) is 0. The number of hydrogen-bond acceptors (Lipinski definition) is 3. The van der Waals surface area contributed by atoms with Gasteiger partial charge in [-0.25, -0.2) is 0 Å². The molecular formula is C17H31N3OS. The molecule has 22 heavy (non-hydrogen) atoms. The number of fused-ring (bicyclic) bond motifs is 1. The first-order valence-electron chi connectivity index (χ1n) is 9.10. The number of likely N-dealkylation sites (tertiary alicyclic amines) is 1. The second kappa shape index (κ2) is 7.93. The normalized spacial score (nSPS) is 33.3. The average molecular weight is 326 g/mol. The molecule has 0 spiro atoms. The third-order valence-electron chi connectivity index (χ3n) is 5.81. The van der Waals surface area contributed by atoms with E-state index in [1.807, 2.05) is 0 Å². The molecule has 0 aromatic rings. The minimum Gasteiger partial charge on any atom is -0.379 e. The van der Waals surface area contributed by atoms with Crippen molar-refractivity contribution in [3.05, 3.63) is 0 Å². The Morgan fingerprint density at radius 1 is 1.14 bits per heavy atom. The van der Waals surface area contributed by atoms with E-state index >= 15 is 0 Å². The number of morpholine rings is 1. The summed E-state index contributed by atoms with van der Waals surface area (Å²) in [7, 11) is 0. The van der Waals surface area contributed by atoms with Crippen LogP contribution in [0.4, 0.5) is 0 Å². The van der Waals surface area contributed by atoms with E-state index in [1.54, 1.807) is 0 Å². The zero-order valence-electron chi connectivity index (χ0n) is 13.9. The fourth-order valence-electron chi connectivity index (χ4n) is 4.41. The van der Waals surface area contributed by atoms with E-state index in [0.29, 0.717) is 6.04 Å². The van der Waals surface area contributed by atoms with E-state index in [2.05, 4.69) is 22.0 Å². The van der Waals surface area contributed by atoms with Gasteiger partial charge in [0, 0.05) is 38.8 Å². The highest BCUT2D eigenvalue weighted by Crippen LogP contribution is 2.38. The lowest BCUT2D eigenvalue weighted by atomic mass is 9.73. The lowest BCUT2D eigenvalue weighted by Gasteiger charge is -2.48. The Labute approximate surface area is 140 Å². The van der Waals surface area contributed by atoms with Gasteiger partial charge < -0.3 is 15.0 Å². The van der Waals surface area contributed by atoms with Crippen molar-refractivity contribution in [2.75, 3.05) is 45.9 Å². The number of nitrogens with zero attached hydrogens (tertiary/aromatic N) is 2. The Morgan fingerprint density at radius 2 is 1.91 bits per heavy atom. The van der Waals surface area contributed by atoms with Gasteiger partial charge in [0.1, 0.15) is 0 Å². The molecule has 0 radical (unpaired) electrons. The zero-order chi connectivity index (χ0) is 15.4. The van der Waals surface area contributed by atoms with Gasteiger partial charge in [0.15, 0.2) is 5.11 Å². The molecule has 1 aliphatic carbocycles. The quantitative estimate of drug-likeness (QED) is 0.802. The topological polar surface area (TPSA) is 27.7 Å². The second-order valence-corrected chi connectivity index (χ2v) is 7.55. The first kappa shape index (κ1) is 16.5. The molecule has 126 valence electrons. The number of hydrogen-bond donors (Lipinski definition) is 1. The van der Waals surface area contributed by atoms with E-state index in [9.17, 15) is 0 Å².